The molecular weight excluding hydrogens is 357 g/mol. The normalized spacial score (nSPS) is 24.0. The van der Waals surface area contributed by atoms with Crippen molar-refractivity contribution >= 4 is 23.2 Å². The van der Waals surface area contributed by atoms with Crippen LogP contribution in [-0.4, -0.2) is 26.8 Å². The summed E-state index contributed by atoms with van der Waals surface area (Å²) in [7, 11) is 0. The van der Waals surface area contributed by atoms with Crippen molar-refractivity contribution in [1.82, 2.24) is 14.7 Å². The maximum Gasteiger partial charge on any atom is 0.287 e. The van der Waals surface area contributed by atoms with Crippen molar-refractivity contribution in [1.29, 1.82) is 0 Å². The zero-order chi connectivity index (χ0) is 18.0. The zero-order valence-electron chi connectivity index (χ0n) is 14.2. The number of nitrogens with zero attached hydrogens (tertiary/aromatic N) is 3. The van der Waals surface area contributed by atoms with E-state index in [0.717, 1.165) is 31.4 Å². The van der Waals surface area contributed by atoms with E-state index in [-0.39, 0.29) is 21.6 Å². The lowest BCUT2D eigenvalue weighted by atomic mass is 9.89. The average molecular weight is 380 g/mol. The van der Waals surface area contributed by atoms with E-state index >= 15 is 0 Å². The summed E-state index contributed by atoms with van der Waals surface area (Å²) in [5, 5.41) is 4.46. The van der Waals surface area contributed by atoms with Gasteiger partial charge in [0.1, 0.15) is 5.02 Å². The topological polar surface area (TPSA) is 38.1 Å². The smallest absolute Gasteiger partial charge is 0.287 e. The van der Waals surface area contributed by atoms with Crippen LogP contribution in [-0.2, 0) is 0 Å². The largest absolute Gasteiger partial charge is 0.366 e. The monoisotopic (exact) mass is 379 g/mol. The highest BCUT2D eigenvalue weighted by molar-refractivity contribution is 6.41. The Kier molecular flexibility index (Phi) is 5.70. The molecular formula is C19H23Cl2N3O. The van der Waals surface area contributed by atoms with Crippen LogP contribution in [0.15, 0.2) is 48.1 Å². The van der Waals surface area contributed by atoms with Crippen LogP contribution in [0.2, 0.25) is 10.0 Å². The number of allylic oxidation sites excluding steroid dienone is 3. The van der Waals surface area contributed by atoms with Crippen LogP contribution in [0, 0.1) is 0 Å². The molecule has 3 rings (SSSR count). The summed E-state index contributed by atoms with van der Waals surface area (Å²) in [6.07, 6.45) is 13.5. The second-order valence-electron chi connectivity index (χ2n) is 6.69. The van der Waals surface area contributed by atoms with E-state index in [2.05, 4.69) is 23.2 Å². The third-order valence-corrected chi connectivity index (χ3v) is 5.79. The summed E-state index contributed by atoms with van der Waals surface area (Å²) >= 11 is 11.9. The van der Waals surface area contributed by atoms with E-state index in [1.807, 2.05) is 18.2 Å². The summed E-state index contributed by atoms with van der Waals surface area (Å²) < 4.78 is 1.50. The van der Waals surface area contributed by atoms with Crippen LogP contribution in [0.25, 0.3) is 0 Å². The zero-order valence-corrected chi connectivity index (χ0v) is 15.7. The van der Waals surface area contributed by atoms with Gasteiger partial charge in [-0.25, -0.2) is 4.68 Å². The van der Waals surface area contributed by atoms with Gasteiger partial charge in [-0.1, -0.05) is 42.4 Å². The van der Waals surface area contributed by atoms with E-state index in [1.165, 1.54) is 23.7 Å². The Bertz CT molecular complexity index is 744. The van der Waals surface area contributed by atoms with Crippen molar-refractivity contribution < 1.29 is 0 Å². The van der Waals surface area contributed by atoms with Gasteiger partial charge in [-0.3, -0.25) is 4.79 Å². The molecule has 1 aromatic rings. The molecule has 0 bridgehead atoms. The van der Waals surface area contributed by atoms with Gasteiger partial charge in [-0.2, -0.15) is 5.10 Å². The van der Waals surface area contributed by atoms with Crippen molar-refractivity contribution in [2.75, 3.05) is 0 Å². The fourth-order valence-electron chi connectivity index (χ4n) is 3.72. The van der Waals surface area contributed by atoms with Crippen LogP contribution in [0.1, 0.15) is 44.6 Å². The molecule has 6 heteroatoms. The van der Waals surface area contributed by atoms with E-state index in [9.17, 15) is 4.79 Å². The van der Waals surface area contributed by atoms with Crippen molar-refractivity contribution in [3.8, 4) is 0 Å². The first-order valence-corrected chi connectivity index (χ1v) is 9.48. The minimum atomic E-state index is -0.296. The Balaban J connectivity index is 1.74. The predicted molar refractivity (Wildman–Crippen MR) is 103 cm³/mol. The molecule has 25 heavy (non-hydrogen) atoms. The Hall–Kier alpha value is -1.52. The second kappa shape index (κ2) is 7.79. The first-order valence-electron chi connectivity index (χ1n) is 8.73. The van der Waals surface area contributed by atoms with Crippen LogP contribution < -0.4 is 5.56 Å². The fraction of sp³-hybridized carbons (Fsp3) is 0.474. The Morgan fingerprint density at radius 3 is 2.28 bits per heavy atom. The Morgan fingerprint density at radius 1 is 1.16 bits per heavy atom. The third-order valence-electron chi connectivity index (χ3n) is 5.04. The van der Waals surface area contributed by atoms with E-state index in [4.69, 9.17) is 23.2 Å². The summed E-state index contributed by atoms with van der Waals surface area (Å²) in [5.41, 5.74) is 0.848. The minimum absolute atomic E-state index is 0.0567. The first-order chi connectivity index (χ1) is 12.1. The number of hydrogen-bond acceptors (Lipinski definition) is 3. The highest BCUT2D eigenvalue weighted by atomic mass is 35.5. The molecule has 4 nitrogen and oxygen atoms in total. The van der Waals surface area contributed by atoms with Gasteiger partial charge in [0.05, 0.1) is 17.3 Å². The van der Waals surface area contributed by atoms with Gasteiger partial charge < -0.3 is 4.90 Å². The van der Waals surface area contributed by atoms with Crippen LogP contribution in [0.4, 0.5) is 0 Å². The lowest BCUT2D eigenvalue weighted by Crippen LogP contribution is -2.40. The quantitative estimate of drug-likeness (QED) is 0.669. The Labute approximate surface area is 158 Å². The first kappa shape index (κ1) is 18.3. The summed E-state index contributed by atoms with van der Waals surface area (Å²) in [4.78, 5) is 14.8. The van der Waals surface area contributed by atoms with Gasteiger partial charge in [0.25, 0.3) is 5.56 Å². The summed E-state index contributed by atoms with van der Waals surface area (Å²) in [6, 6.07) is 1.15. The van der Waals surface area contributed by atoms with Crippen LogP contribution >= 0.6 is 23.2 Å². The van der Waals surface area contributed by atoms with Gasteiger partial charge in [-0.05, 0) is 50.7 Å². The van der Waals surface area contributed by atoms with E-state index in [0.29, 0.717) is 12.1 Å². The highest BCUT2D eigenvalue weighted by Gasteiger charge is 2.36. The molecule has 0 N–H and O–H groups in total. The third kappa shape index (κ3) is 3.85. The number of rotatable bonds is 6. The molecule has 0 radical (unpaired) electrons. The highest BCUT2D eigenvalue weighted by Crippen LogP contribution is 2.39. The fourth-order valence-corrected chi connectivity index (χ4v) is 3.98. The predicted octanol–water partition coefficient (Wildman–Crippen LogP) is 4.75. The van der Waals surface area contributed by atoms with Crippen LogP contribution in [0.3, 0.4) is 0 Å². The molecule has 0 amide bonds. The number of halogens is 2. The van der Waals surface area contributed by atoms with Gasteiger partial charge >= 0.3 is 0 Å². The van der Waals surface area contributed by atoms with Crippen molar-refractivity contribution in [2.24, 2.45) is 0 Å². The van der Waals surface area contributed by atoms with E-state index < -0.39 is 0 Å². The molecule has 0 spiro atoms. The van der Waals surface area contributed by atoms with Crippen molar-refractivity contribution in [3.63, 3.8) is 0 Å². The second-order valence-corrected chi connectivity index (χ2v) is 7.47. The van der Waals surface area contributed by atoms with Crippen LogP contribution in [0.5, 0.6) is 0 Å². The van der Waals surface area contributed by atoms with E-state index in [1.54, 1.807) is 0 Å². The summed E-state index contributed by atoms with van der Waals surface area (Å²) in [5.74, 6) is 0. The molecule has 0 unspecified atom stereocenters. The standard InChI is InChI=1S/C19H23Cl2N3O/c1-3-5-13(4-2)23(14-6-7-14)15-8-10-16(11-9-15)24-19(25)18(21)17(20)12-22-24/h3-5,12,14-16H,1-2,6-11H2/b13-5+. The summed E-state index contributed by atoms with van der Waals surface area (Å²) in [6.45, 7) is 7.77. The number of hydrogen-bond donors (Lipinski definition) is 0. The van der Waals surface area contributed by atoms with Gasteiger partial charge in [0.2, 0.25) is 0 Å². The van der Waals surface area contributed by atoms with Gasteiger partial charge in [0, 0.05) is 17.8 Å². The molecule has 0 aromatic carbocycles. The molecule has 2 fully saturated rings. The van der Waals surface area contributed by atoms with Gasteiger partial charge in [0.15, 0.2) is 0 Å². The lowest BCUT2D eigenvalue weighted by molar-refractivity contribution is 0.165. The molecule has 0 atom stereocenters. The number of aromatic nitrogens is 2. The molecule has 0 saturated heterocycles. The molecule has 0 aliphatic heterocycles. The molecule has 2 saturated carbocycles. The average Bonchev–Trinajstić information content (AvgIpc) is 3.45. The Morgan fingerprint density at radius 2 is 1.76 bits per heavy atom. The van der Waals surface area contributed by atoms with Gasteiger partial charge in [-0.15, -0.1) is 0 Å². The van der Waals surface area contributed by atoms with Crippen molar-refractivity contribution in [3.05, 3.63) is 63.7 Å². The van der Waals surface area contributed by atoms with Crippen molar-refractivity contribution in [2.45, 2.75) is 56.7 Å². The maximum atomic E-state index is 12.3. The SMILES string of the molecule is C=C/C=C(\C=C)N(C1CC1)C1CCC(n2ncc(Cl)c(Cl)c2=O)CC1. The molecule has 134 valence electrons. The molecule has 2 aliphatic carbocycles. The molecule has 1 aromatic heterocycles. The molecule has 1 heterocycles. The lowest BCUT2D eigenvalue weighted by Gasteiger charge is -2.39. The minimum Gasteiger partial charge on any atom is -0.366 e. The molecule has 2 aliphatic rings. The maximum absolute atomic E-state index is 12.3.